The Hall–Kier alpha value is -2.69. The average Bonchev–Trinajstić information content (AvgIpc) is 3.09. The molecule has 1 saturated heterocycles. The number of pyridine rings is 1. The number of benzene rings is 1. The Labute approximate surface area is 135 Å². The van der Waals surface area contributed by atoms with E-state index in [0.717, 1.165) is 18.8 Å². The minimum Gasteiger partial charge on any atom is -0.370 e. The van der Waals surface area contributed by atoms with Crippen LogP contribution in [-0.4, -0.2) is 29.8 Å². The van der Waals surface area contributed by atoms with Crippen molar-refractivity contribution in [2.75, 3.05) is 23.3 Å². The molecular weight excluding hydrogens is 290 g/mol. The van der Waals surface area contributed by atoms with Crippen LogP contribution in [-0.2, 0) is 0 Å². The second-order valence-electron chi connectivity index (χ2n) is 5.69. The molecule has 1 fully saturated rings. The largest absolute Gasteiger partial charge is 0.370 e. The van der Waals surface area contributed by atoms with E-state index in [-0.39, 0.29) is 11.7 Å². The molecule has 23 heavy (non-hydrogen) atoms. The summed E-state index contributed by atoms with van der Waals surface area (Å²) in [5, 5.41) is 2.78. The summed E-state index contributed by atoms with van der Waals surface area (Å²) in [4.78, 5) is 30.2. The van der Waals surface area contributed by atoms with Crippen molar-refractivity contribution in [3.63, 3.8) is 0 Å². The maximum absolute atomic E-state index is 12.3. The molecule has 5 heteroatoms. The molecule has 3 rings (SSSR count). The molecule has 1 aliphatic heterocycles. The highest BCUT2D eigenvalue weighted by Gasteiger charge is 2.14. The van der Waals surface area contributed by atoms with E-state index < -0.39 is 0 Å². The van der Waals surface area contributed by atoms with Gasteiger partial charge in [0.25, 0.3) is 5.91 Å². The van der Waals surface area contributed by atoms with Crippen LogP contribution in [0.1, 0.15) is 40.6 Å². The van der Waals surface area contributed by atoms with E-state index >= 15 is 0 Å². The fourth-order valence-corrected chi connectivity index (χ4v) is 2.69. The number of ketones is 1. The van der Waals surface area contributed by atoms with Gasteiger partial charge in [-0.2, -0.15) is 0 Å². The van der Waals surface area contributed by atoms with Crippen molar-refractivity contribution in [1.82, 2.24) is 4.98 Å². The zero-order valence-corrected chi connectivity index (χ0v) is 13.1. The number of hydrogen-bond acceptors (Lipinski definition) is 4. The van der Waals surface area contributed by atoms with Gasteiger partial charge >= 0.3 is 0 Å². The number of rotatable bonds is 4. The molecule has 118 valence electrons. The third-order valence-electron chi connectivity index (χ3n) is 3.98. The molecule has 2 heterocycles. The monoisotopic (exact) mass is 309 g/mol. The molecule has 0 radical (unpaired) electrons. The zero-order chi connectivity index (χ0) is 16.2. The van der Waals surface area contributed by atoms with Gasteiger partial charge in [0.15, 0.2) is 5.78 Å². The molecule has 0 atom stereocenters. The van der Waals surface area contributed by atoms with Crippen LogP contribution in [0.2, 0.25) is 0 Å². The van der Waals surface area contributed by atoms with Gasteiger partial charge in [-0.05, 0) is 44.0 Å². The van der Waals surface area contributed by atoms with E-state index in [0.29, 0.717) is 16.9 Å². The van der Waals surface area contributed by atoms with Crippen LogP contribution in [0.4, 0.5) is 11.4 Å². The van der Waals surface area contributed by atoms with Gasteiger partial charge in [-0.3, -0.25) is 9.59 Å². The number of amides is 1. The normalized spacial score (nSPS) is 13.9. The first kappa shape index (κ1) is 15.2. The Kier molecular flexibility index (Phi) is 4.37. The molecule has 0 saturated carbocycles. The average molecular weight is 309 g/mol. The number of nitrogens with zero attached hydrogens (tertiary/aromatic N) is 2. The summed E-state index contributed by atoms with van der Waals surface area (Å²) in [5.41, 5.74) is 2.58. The lowest BCUT2D eigenvalue weighted by Gasteiger charge is -2.17. The van der Waals surface area contributed by atoms with Gasteiger partial charge in [0.2, 0.25) is 0 Å². The molecule has 1 aromatic carbocycles. The number of carbonyl (C=O) groups is 2. The second-order valence-corrected chi connectivity index (χ2v) is 5.69. The van der Waals surface area contributed by atoms with Gasteiger partial charge in [-0.1, -0.05) is 12.1 Å². The van der Waals surface area contributed by atoms with Crippen LogP contribution in [0, 0.1) is 0 Å². The minimum atomic E-state index is -0.279. The summed E-state index contributed by atoms with van der Waals surface area (Å²) in [6.45, 7) is 3.59. The van der Waals surface area contributed by atoms with Gasteiger partial charge in [-0.25, -0.2) is 4.98 Å². The van der Waals surface area contributed by atoms with Crippen molar-refractivity contribution in [2.24, 2.45) is 0 Å². The molecule has 5 nitrogen and oxygen atoms in total. The van der Waals surface area contributed by atoms with Crippen LogP contribution in [0.15, 0.2) is 42.6 Å². The first-order valence-corrected chi connectivity index (χ1v) is 7.77. The van der Waals surface area contributed by atoms with Crippen molar-refractivity contribution in [1.29, 1.82) is 0 Å². The van der Waals surface area contributed by atoms with E-state index in [1.54, 1.807) is 36.5 Å². The van der Waals surface area contributed by atoms with Crippen molar-refractivity contribution in [3.8, 4) is 0 Å². The first-order chi connectivity index (χ1) is 11.1. The summed E-state index contributed by atoms with van der Waals surface area (Å²) >= 11 is 0. The molecule has 0 aliphatic carbocycles. The van der Waals surface area contributed by atoms with E-state index in [9.17, 15) is 9.59 Å². The third kappa shape index (κ3) is 3.56. The van der Waals surface area contributed by atoms with Crippen LogP contribution in [0.5, 0.6) is 0 Å². The molecule has 0 unspecified atom stereocenters. The second kappa shape index (κ2) is 6.60. The third-order valence-corrected chi connectivity index (χ3v) is 3.98. The number of Topliss-reactive ketones (excluding diaryl/α,β-unsaturated/α-hetero) is 1. The van der Waals surface area contributed by atoms with E-state index in [1.807, 2.05) is 6.07 Å². The van der Waals surface area contributed by atoms with E-state index in [1.165, 1.54) is 19.8 Å². The highest BCUT2D eigenvalue weighted by atomic mass is 16.2. The number of nitrogens with one attached hydrogen (secondary N) is 1. The maximum Gasteiger partial charge on any atom is 0.274 e. The predicted octanol–water partition coefficient (Wildman–Crippen LogP) is 3.14. The fraction of sp³-hybridized carbons (Fsp3) is 0.278. The SMILES string of the molecule is CC(=O)c1cccc(NC(=O)c2ccc(N3CCCC3)cn2)c1. The standard InChI is InChI=1S/C18H19N3O2/c1-13(22)14-5-4-6-15(11-14)20-18(23)17-8-7-16(12-19-17)21-9-2-3-10-21/h4-8,11-12H,2-3,9-10H2,1H3,(H,20,23). The van der Waals surface area contributed by atoms with Crippen LogP contribution in [0.3, 0.4) is 0 Å². The number of carbonyl (C=O) groups excluding carboxylic acids is 2. The molecule has 1 aliphatic rings. The molecule has 1 aromatic heterocycles. The Balaban J connectivity index is 1.70. The molecule has 1 amide bonds. The van der Waals surface area contributed by atoms with Gasteiger partial charge in [0.1, 0.15) is 5.69 Å². The smallest absolute Gasteiger partial charge is 0.274 e. The van der Waals surface area contributed by atoms with Gasteiger partial charge in [0, 0.05) is 24.3 Å². The number of hydrogen-bond donors (Lipinski definition) is 1. The highest BCUT2D eigenvalue weighted by molar-refractivity contribution is 6.04. The summed E-state index contributed by atoms with van der Waals surface area (Å²) in [6, 6.07) is 10.6. The Bertz CT molecular complexity index is 719. The van der Waals surface area contributed by atoms with Gasteiger partial charge in [0.05, 0.1) is 11.9 Å². The Morgan fingerprint density at radius 2 is 1.91 bits per heavy atom. The minimum absolute atomic E-state index is 0.0332. The summed E-state index contributed by atoms with van der Waals surface area (Å²) in [5.74, 6) is -0.312. The van der Waals surface area contributed by atoms with Crippen molar-refractivity contribution in [2.45, 2.75) is 19.8 Å². The van der Waals surface area contributed by atoms with Crippen molar-refractivity contribution in [3.05, 3.63) is 53.9 Å². The number of anilines is 2. The zero-order valence-electron chi connectivity index (χ0n) is 13.1. The van der Waals surface area contributed by atoms with Crippen molar-refractivity contribution >= 4 is 23.1 Å². The lowest BCUT2D eigenvalue weighted by molar-refractivity contribution is 0.100. The Morgan fingerprint density at radius 1 is 1.13 bits per heavy atom. The lowest BCUT2D eigenvalue weighted by atomic mass is 10.1. The van der Waals surface area contributed by atoms with Gasteiger partial charge in [-0.15, -0.1) is 0 Å². The summed E-state index contributed by atoms with van der Waals surface area (Å²) < 4.78 is 0. The Morgan fingerprint density at radius 3 is 2.57 bits per heavy atom. The molecule has 0 spiro atoms. The van der Waals surface area contributed by atoms with E-state index in [4.69, 9.17) is 0 Å². The molecule has 1 N–H and O–H groups in total. The van der Waals surface area contributed by atoms with Crippen molar-refractivity contribution < 1.29 is 9.59 Å². The van der Waals surface area contributed by atoms with Gasteiger partial charge < -0.3 is 10.2 Å². The molecule has 2 aromatic rings. The summed E-state index contributed by atoms with van der Waals surface area (Å²) in [6.07, 6.45) is 4.15. The van der Waals surface area contributed by atoms with E-state index in [2.05, 4.69) is 15.2 Å². The number of aromatic nitrogens is 1. The molecule has 0 bridgehead atoms. The topological polar surface area (TPSA) is 62.3 Å². The highest BCUT2D eigenvalue weighted by Crippen LogP contribution is 2.19. The predicted molar refractivity (Wildman–Crippen MR) is 90.1 cm³/mol. The first-order valence-electron chi connectivity index (χ1n) is 7.77. The summed E-state index contributed by atoms with van der Waals surface area (Å²) in [7, 11) is 0. The fourth-order valence-electron chi connectivity index (χ4n) is 2.69. The molecular formula is C18H19N3O2. The maximum atomic E-state index is 12.3. The lowest BCUT2D eigenvalue weighted by Crippen LogP contribution is -2.19. The quantitative estimate of drug-likeness (QED) is 0.881. The van der Waals surface area contributed by atoms with Crippen LogP contribution >= 0.6 is 0 Å². The van der Waals surface area contributed by atoms with Crippen LogP contribution < -0.4 is 10.2 Å². The van der Waals surface area contributed by atoms with Crippen LogP contribution in [0.25, 0.3) is 0 Å².